The minimum atomic E-state index is 0.750. The Balaban J connectivity index is 2.36. The van der Waals surface area contributed by atoms with E-state index in [-0.39, 0.29) is 0 Å². The first-order chi connectivity index (χ1) is 7.81. The summed E-state index contributed by atoms with van der Waals surface area (Å²) in [5, 5.41) is 9.19. The molecule has 0 saturated heterocycles. The highest BCUT2D eigenvalue weighted by Gasteiger charge is 2.04. The molecule has 1 aromatic heterocycles. The maximum absolute atomic E-state index is 8.44. The summed E-state index contributed by atoms with van der Waals surface area (Å²) < 4.78 is 0. The van der Waals surface area contributed by atoms with E-state index in [1.54, 1.807) is 17.4 Å². The van der Waals surface area contributed by atoms with E-state index >= 15 is 0 Å². The van der Waals surface area contributed by atoms with Gasteiger partial charge in [0.2, 0.25) is 0 Å². The second-order valence-corrected chi connectivity index (χ2v) is 4.67. The second kappa shape index (κ2) is 4.98. The molecule has 3 heteroatoms. The summed E-state index contributed by atoms with van der Waals surface area (Å²) in [5.74, 6) is 0. The number of nitriles is 1. The molecule has 1 heterocycles. The SMILES string of the molecule is N#CC=Cc1ccc(-c2ccccc2Cl)s1. The number of thiophene rings is 1. The van der Waals surface area contributed by atoms with E-state index in [9.17, 15) is 0 Å². The molecule has 0 bridgehead atoms. The van der Waals surface area contributed by atoms with E-state index < -0.39 is 0 Å². The van der Waals surface area contributed by atoms with Crippen molar-refractivity contribution in [2.45, 2.75) is 0 Å². The number of benzene rings is 1. The minimum Gasteiger partial charge on any atom is -0.193 e. The molecule has 0 fully saturated rings. The molecule has 2 aromatic rings. The van der Waals surface area contributed by atoms with Crippen LogP contribution in [0.15, 0.2) is 42.5 Å². The Hall–Kier alpha value is -1.56. The lowest BCUT2D eigenvalue weighted by Gasteiger charge is -1.98. The topological polar surface area (TPSA) is 23.8 Å². The zero-order valence-corrected chi connectivity index (χ0v) is 9.92. The first-order valence-corrected chi connectivity index (χ1v) is 5.91. The van der Waals surface area contributed by atoms with Crippen molar-refractivity contribution in [3.05, 3.63) is 52.4 Å². The van der Waals surface area contributed by atoms with Gasteiger partial charge in [0.1, 0.15) is 0 Å². The highest BCUT2D eigenvalue weighted by Crippen LogP contribution is 2.33. The zero-order valence-electron chi connectivity index (χ0n) is 8.35. The molecule has 0 aliphatic heterocycles. The Labute approximate surface area is 103 Å². The lowest BCUT2D eigenvalue weighted by atomic mass is 10.2. The smallest absolute Gasteiger partial charge is 0.0912 e. The predicted molar refractivity (Wildman–Crippen MR) is 69.4 cm³/mol. The molecule has 0 radical (unpaired) electrons. The van der Waals surface area contributed by atoms with Gasteiger partial charge in [-0.25, -0.2) is 0 Å². The number of allylic oxidation sites excluding steroid dienone is 1. The molecule has 0 atom stereocenters. The molecule has 0 spiro atoms. The van der Waals surface area contributed by atoms with Gasteiger partial charge in [-0.15, -0.1) is 11.3 Å². The number of halogens is 1. The average Bonchev–Trinajstić information content (AvgIpc) is 2.75. The fourth-order valence-electron chi connectivity index (χ4n) is 1.37. The molecule has 0 N–H and O–H groups in total. The first kappa shape index (κ1) is 10.9. The van der Waals surface area contributed by atoms with Crippen molar-refractivity contribution in [2.24, 2.45) is 0 Å². The highest BCUT2D eigenvalue weighted by molar-refractivity contribution is 7.16. The van der Waals surface area contributed by atoms with Gasteiger partial charge in [0.25, 0.3) is 0 Å². The van der Waals surface area contributed by atoms with Gasteiger partial charge in [0.05, 0.1) is 6.07 Å². The maximum Gasteiger partial charge on any atom is 0.0912 e. The molecule has 0 aliphatic rings. The molecule has 0 amide bonds. The normalized spacial score (nSPS) is 10.5. The monoisotopic (exact) mass is 245 g/mol. The fourth-order valence-corrected chi connectivity index (χ4v) is 2.61. The minimum absolute atomic E-state index is 0.750. The molecular weight excluding hydrogens is 238 g/mol. The number of hydrogen-bond acceptors (Lipinski definition) is 2. The van der Waals surface area contributed by atoms with Crippen LogP contribution in [-0.4, -0.2) is 0 Å². The quantitative estimate of drug-likeness (QED) is 0.709. The van der Waals surface area contributed by atoms with E-state index in [1.165, 1.54) is 6.08 Å². The molecule has 1 aromatic carbocycles. The molecular formula is C13H8ClNS. The molecule has 2 rings (SSSR count). The Kier molecular flexibility index (Phi) is 3.40. The van der Waals surface area contributed by atoms with Crippen LogP contribution < -0.4 is 0 Å². The van der Waals surface area contributed by atoms with Crippen LogP contribution in [0.2, 0.25) is 5.02 Å². The van der Waals surface area contributed by atoms with Crippen molar-refractivity contribution in [3.63, 3.8) is 0 Å². The summed E-state index contributed by atoms with van der Waals surface area (Å²) in [4.78, 5) is 2.17. The third kappa shape index (κ3) is 2.33. The summed E-state index contributed by atoms with van der Waals surface area (Å²) in [6.07, 6.45) is 3.27. The van der Waals surface area contributed by atoms with E-state index in [1.807, 2.05) is 42.5 Å². The van der Waals surface area contributed by atoms with Crippen molar-refractivity contribution in [1.82, 2.24) is 0 Å². The van der Waals surface area contributed by atoms with Crippen molar-refractivity contribution in [3.8, 4) is 16.5 Å². The van der Waals surface area contributed by atoms with Gasteiger partial charge >= 0.3 is 0 Å². The third-order valence-electron chi connectivity index (χ3n) is 2.09. The van der Waals surface area contributed by atoms with Crippen LogP contribution in [0.5, 0.6) is 0 Å². The summed E-state index contributed by atoms with van der Waals surface area (Å²) in [6.45, 7) is 0. The number of rotatable bonds is 2. The summed E-state index contributed by atoms with van der Waals surface area (Å²) in [6, 6.07) is 13.7. The lowest BCUT2D eigenvalue weighted by Crippen LogP contribution is -1.72. The van der Waals surface area contributed by atoms with E-state index in [0.29, 0.717) is 0 Å². The zero-order chi connectivity index (χ0) is 11.4. The third-order valence-corrected chi connectivity index (χ3v) is 3.50. The maximum atomic E-state index is 8.44. The van der Waals surface area contributed by atoms with Crippen LogP contribution in [0.3, 0.4) is 0 Å². The Bertz CT molecular complexity index is 563. The molecule has 16 heavy (non-hydrogen) atoms. The van der Waals surface area contributed by atoms with Crippen molar-refractivity contribution in [2.75, 3.05) is 0 Å². The van der Waals surface area contributed by atoms with Gasteiger partial charge < -0.3 is 0 Å². The van der Waals surface area contributed by atoms with Crippen molar-refractivity contribution >= 4 is 29.0 Å². The summed E-state index contributed by atoms with van der Waals surface area (Å²) >= 11 is 7.73. The van der Waals surface area contributed by atoms with Gasteiger partial charge in [-0.2, -0.15) is 5.26 Å². The summed E-state index contributed by atoms with van der Waals surface area (Å²) in [5.41, 5.74) is 1.03. The van der Waals surface area contributed by atoms with Crippen LogP contribution in [0.4, 0.5) is 0 Å². The standard InChI is InChI=1S/C13H8ClNS/c14-12-6-2-1-5-11(12)13-8-7-10(16-13)4-3-9-15/h1-8H. The summed E-state index contributed by atoms with van der Waals surface area (Å²) in [7, 11) is 0. The fraction of sp³-hybridized carbons (Fsp3) is 0. The highest BCUT2D eigenvalue weighted by atomic mass is 35.5. The number of hydrogen-bond donors (Lipinski definition) is 0. The van der Waals surface area contributed by atoms with Gasteiger partial charge in [0, 0.05) is 26.4 Å². The predicted octanol–water partition coefficient (Wildman–Crippen LogP) is 4.61. The Morgan fingerprint density at radius 1 is 1.19 bits per heavy atom. The second-order valence-electron chi connectivity index (χ2n) is 3.14. The van der Waals surface area contributed by atoms with Crippen LogP contribution in [0.25, 0.3) is 16.5 Å². The average molecular weight is 246 g/mol. The number of nitrogens with zero attached hydrogens (tertiary/aromatic N) is 1. The van der Waals surface area contributed by atoms with Gasteiger partial charge in [-0.05, 0) is 24.3 Å². The molecule has 1 nitrogen and oxygen atoms in total. The van der Waals surface area contributed by atoms with Gasteiger partial charge in [-0.1, -0.05) is 29.8 Å². The Morgan fingerprint density at radius 3 is 2.75 bits per heavy atom. The largest absolute Gasteiger partial charge is 0.193 e. The Morgan fingerprint density at radius 2 is 2.00 bits per heavy atom. The molecule has 0 unspecified atom stereocenters. The van der Waals surface area contributed by atoms with Crippen molar-refractivity contribution < 1.29 is 0 Å². The van der Waals surface area contributed by atoms with E-state index in [0.717, 1.165) is 20.3 Å². The molecule has 78 valence electrons. The first-order valence-electron chi connectivity index (χ1n) is 4.72. The molecule has 0 aliphatic carbocycles. The molecule has 0 saturated carbocycles. The van der Waals surface area contributed by atoms with Gasteiger partial charge in [-0.3, -0.25) is 0 Å². The van der Waals surface area contributed by atoms with Crippen LogP contribution in [-0.2, 0) is 0 Å². The van der Waals surface area contributed by atoms with Gasteiger partial charge in [0.15, 0.2) is 0 Å². The van der Waals surface area contributed by atoms with E-state index in [4.69, 9.17) is 16.9 Å². The van der Waals surface area contributed by atoms with Crippen LogP contribution >= 0.6 is 22.9 Å². The van der Waals surface area contributed by atoms with Crippen molar-refractivity contribution in [1.29, 1.82) is 5.26 Å². The van der Waals surface area contributed by atoms with E-state index in [2.05, 4.69) is 0 Å². The van der Waals surface area contributed by atoms with Crippen LogP contribution in [0.1, 0.15) is 4.88 Å². The lowest BCUT2D eigenvalue weighted by molar-refractivity contribution is 1.54. The van der Waals surface area contributed by atoms with Crippen LogP contribution in [0, 0.1) is 11.3 Å².